The standard InChI is InChI=1S/C8H12N2O6S2/c1-17(13,14)7-4-9-10(5-7)2-3-18(15,16)6-8(11)12/h4-5H,2-3,6H2,1H3,(H,11,12). The molecule has 0 aliphatic carbocycles. The Bertz CT molecular complexity index is 643. The van der Waals surface area contributed by atoms with Crippen LogP contribution in [0.3, 0.4) is 0 Å². The van der Waals surface area contributed by atoms with Gasteiger partial charge in [0.2, 0.25) is 0 Å². The Morgan fingerprint density at radius 2 is 2.00 bits per heavy atom. The molecule has 1 rings (SSSR count). The molecule has 0 spiro atoms. The van der Waals surface area contributed by atoms with E-state index in [1.807, 2.05) is 0 Å². The normalized spacial score (nSPS) is 12.5. The fourth-order valence-electron chi connectivity index (χ4n) is 1.15. The average molecular weight is 296 g/mol. The zero-order valence-electron chi connectivity index (χ0n) is 9.48. The molecule has 0 aliphatic heterocycles. The van der Waals surface area contributed by atoms with Crippen molar-refractivity contribution in [1.82, 2.24) is 9.78 Å². The summed E-state index contributed by atoms with van der Waals surface area (Å²) in [4.78, 5) is 10.3. The first-order chi connectivity index (χ1) is 8.10. The van der Waals surface area contributed by atoms with Crippen LogP contribution in [0.15, 0.2) is 17.3 Å². The quantitative estimate of drug-likeness (QED) is 0.698. The van der Waals surface area contributed by atoms with E-state index in [9.17, 15) is 21.6 Å². The number of nitrogens with zero attached hydrogens (tertiary/aromatic N) is 2. The monoisotopic (exact) mass is 296 g/mol. The highest BCUT2D eigenvalue weighted by Gasteiger charge is 2.17. The molecule has 0 aromatic carbocycles. The van der Waals surface area contributed by atoms with Crippen LogP contribution >= 0.6 is 0 Å². The van der Waals surface area contributed by atoms with Crippen LogP contribution in [0, 0.1) is 0 Å². The lowest BCUT2D eigenvalue weighted by Crippen LogP contribution is -2.21. The Kier molecular flexibility index (Phi) is 4.12. The van der Waals surface area contributed by atoms with Crippen molar-refractivity contribution in [3.8, 4) is 0 Å². The van der Waals surface area contributed by atoms with Gasteiger partial charge in [-0.3, -0.25) is 9.48 Å². The van der Waals surface area contributed by atoms with Crippen LogP contribution in [0.1, 0.15) is 0 Å². The lowest BCUT2D eigenvalue weighted by Gasteiger charge is -2.01. The van der Waals surface area contributed by atoms with Gasteiger partial charge in [0.15, 0.2) is 19.7 Å². The van der Waals surface area contributed by atoms with Crippen LogP contribution < -0.4 is 0 Å². The SMILES string of the molecule is CS(=O)(=O)c1cnn(CCS(=O)(=O)CC(=O)O)c1. The molecular formula is C8H12N2O6S2. The third-order valence-corrected chi connectivity index (χ3v) is 4.57. The maximum Gasteiger partial charge on any atom is 0.318 e. The van der Waals surface area contributed by atoms with E-state index in [0.29, 0.717) is 0 Å². The van der Waals surface area contributed by atoms with Gasteiger partial charge in [0.05, 0.1) is 18.5 Å². The van der Waals surface area contributed by atoms with E-state index in [4.69, 9.17) is 5.11 Å². The molecule has 0 bridgehead atoms. The van der Waals surface area contributed by atoms with Crippen molar-refractivity contribution < 1.29 is 26.7 Å². The van der Waals surface area contributed by atoms with E-state index in [0.717, 1.165) is 17.1 Å². The van der Waals surface area contributed by atoms with Gasteiger partial charge in [-0.05, 0) is 0 Å². The molecule has 18 heavy (non-hydrogen) atoms. The largest absolute Gasteiger partial charge is 0.480 e. The van der Waals surface area contributed by atoms with Crippen molar-refractivity contribution in [3.63, 3.8) is 0 Å². The number of hydrogen-bond donors (Lipinski definition) is 1. The Balaban J connectivity index is 2.71. The summed E-state index contributed by atoms with van der Waals surface area (Å²) < 4.78 is 46.0. The van der Waals surface area contributed by atoms with Crippen LogP contribution in [0.2, 0.25) is 0 Å². The van der Waals surface area contributed by atoms with Gasteiger partial charge in [-0.25, -0.2) is 16.8 Å². The second kappa shape index (κ2) is 5.06. The van der Waals surface area contributed by atoms with E-state index < -0.39 is 37.1 Å². The van der Waals surface area contributed by atoms with Gasteiger partial charge in [-0.15, -0.1) is 0 Å². The van der Waals surface area contributed by atoms with Crippen molar-refractivity contribution >= 4 is 25.6 Å². The first-order valence-electron chi connectivity index (χ1n) is 4.75. The minimum atomic E-state index is -3.72. The Morgan fingerprint density at radius 1 is 1.39 bits per heavy atom. The van der Waals surface area contributed by atoms with Crippen molar-refractivity contribution in [1.29, 1.82) is 0 Å². The molecule has 0 fully saturated rings. The third kappa shape index (κ3) is 4.45. The van der Waals surface area contributed by atoms with Crippen molar-refractivity contribution in [2.24, 2.45) is 0 Å². The molecule has 0 saturated heterocycles. The van der Waals surface area contributed by atoms with Crippen LogP contribution in [-0.4, -0.2) is 55.5 Å². The van der Waals surface area contributed by atoms with E-state index in [2.05, 4.69) is 5.10 Å². The molecule has 8 nitrogen and oxygen atoms in total. The molecule has 0 amide bonds. The Morgan fingerprint density at radius 3 is 2.44 bits per heavy atom. The third-order valence-electron chi connectivity index (χ3n) is 2.01. The molecule has 0 radical (unpaired) electrons. The first-order valence-corrected chi connectivity index (χ1v) is 8.46. The number of aromatic nitrogens is 2. The summed E-state index contributed by atoms with van der Waals surface area (Å²) in [6.45, 7) is -0.0921. The summed E-state index contributed by atoms with van der Waals surface area (Å²) in [6.07, 6.45) is 3.32. The highest BCUT2D eigenvalue weighted by atomic mass is 32.2. The Hall–Kier alpha value is -1.42. The molecule has 0 unspecified atom stereocenters. The smallest absolute Gasteiger partial charge is 0.318 e. The highest BCUT2D eigenvalue weighted by Crippen LogP contribution is 2.06. The molecule has 0 aliphatic rings. The Labute approximate surface area is 104 Å². The molecule has 10 heteroatoms. The summed E-state index contributed by atoms with van der Waals surface area (Å²) in [7, 11) is -7.10. The summed E-state index contributed by atoms with van der Waals surface area (Å²) in [5, 5.41) is 12.1. The van der Waals surface area contributed by atoms with Crippen LogP contribution in [0.25, 0.3) is 0 Å². The second-order valence-corrected chi connectivity index (χ2v) is 7.90. The zero-order chi connectivity index (χ0) is 14.0. The van der Waals surface area contributed by atoms with Gasteiger partial charge in [0.25, 0.3) is 0 Å². The maximum atomic E-state index is 11.3. The molecule has 0 saturated carbocycles. The van der Waals surface area contributed by atoms with Gasteiger partial charge < -0.3 is 5.11 Å². The van der Waals surface area contributed by atoms with E-state index in [-0.39, 0.29) is 11.4 Å². The van der Waals surface area contributed by atoms with Crippen LogP contribution in [0.4, 0.5) is 0 Å². The lowest BCUT2D eigenvalue weighted by atomic mass is 10.7. The minimum absolute atomic E-state index is 0.0156. The topological polar surface area (TPSA) is 123 Å². The number of aliphatic carboxylic acids is 1. The van der Waals surface area contributed by atoms with Crippen molar-refractivity contribution in [3.05, 3.63) is 12.4 Å². The maximum absolute atomic E-state index is 11.3. The fourth-order valence-corrected chi connectivity index (χ4v) is 2.69. The number of hydrogen-bond acceptors (Lipinski definition) is 6. The van der Waals surface area contributed by atoms with Gasteiger partial charge in [0.1, 0.15) is 10.6 Å². The summed E-state index contributed by atoms with van der Waals surface area (Å²) in [6, 6.07) is 0. The van der Waals surface area contributed by atoms with E-state index in [1.165, 1.54) is 6.20 Å². The first kappa shape index (κ1) is 14.6. The molecular weight excluding hydrogens is 284 g/mol. The number of carboxylic acid groups (broad SMARTS) is 1. The number of carbonyl (C=O) groups is 1. The molecule has 0 atom stereocenters. The summed E-state index contributed by atoms with van der Waals surface area (Å²) in [5.41, 5.74) is 0. The molecule has 1 heterocycles. The molecule has 1 N–H and O–H groups in total. The predicted octanol–water partition coefficient (Wildman–Crippen LogP) is -1.21. The van der Waals surface area contributed by atoms with Gasteiger partial charge in [-0.2, -0.15) is 5.10 Å². The number of rotatable bonds is 6. The second-order valence-electron chi connectivity index (χ2n) is 3.70. The van der Waals surface area contributed by atoms with Crippen LogP contribution in [0.5, 0.6) is 0 Å². The van der Waals surface area contributed by atoms with Crippen LogP contribution in [-0.2, 0) is 31.0 Å². The van der Waals surface area contributed by atoms with Crippen molar-refractivity contribution in [2.75, 3.05) is 17.8 Å². The van der Waals surface area contributed by atoms with Gasteiger partial charge >= 0.3 is 5.97 Å². The lowest BCUT2D eigenvalue weighted by molar-refractivity contribution is -0.134. The fraction of sp³-hybridized carbons (Fsp3) is 0.500. The van der Waals surface area contributed by atoms with Gasteiger partial charge in [-0.1, -0.05) is 0 Å². The summed E-state index contributed by atoms with van der Waals surface area (Å²) >= 11 is 0. The zero-order valence-corrected chi connectivity index (χ0v) is 11.1. The van der Waals surface area contributed by atoms with E-state index >= 15 is 0 Å². The minimum Gasteiger partial charge on any atom is -0.480 e. The van der Waals surface area contributed by atoms with Gasteiger partial charge in [0, 0.05) is 12.5 Å². The molecule has 1 aromatic rings. The molecule has 102 valence electrons. The highest BCUT2D eigenvalue weighted by molar-refractivity contribution is 7.92. The number of carboxylic acids is 1. The van der Waals surface area contributed by atoms with E-state index in [1.54, 1.807) is 0 Å². The van der Waals surface area contributed by atoms with Crippen molar-refractivity contribution in [2.45, 2.75) is 11.4 Å². The molecule has 1 aromatic heterocycles. The summed E-state index contributed by atoms with van der Waals surface area (Å²) in [5.74, 6) is -2.79. The average Bonchev–Trinajstić information content (AvgIpc) is 2.60. The predicted molar refractivity (Wildman–Crippen MR) is 61.6 cm³/mol. The number of aryl methyl sites for hydroxylation is 1. The number of sulfone groups is 2.